The molecule has 4 heteroatoms. The first-order valence-electron chi connectivity index (χ1n) is 12.7. The number of aromatic nitrogens is 1. The van der Waals surface area contributed by atoms with Gasteiger partial charge in [0.2, 0.25) is 5.88 Å². The molecule has 5 aromatic rings. The molecule has 3 unspecified atom stereocenters. The molecule has 4 aromatic carbocycles. The summed E-state index contributed by atoms with van der Waals surface area (Å²) in [6.45, 7) is 0. The van der Waals surface area contributed by atoms with Gasteiger partial charge in [-0.1, -0.05) is 85.0 Å². The first kappa shape index (κ1) is 20.5. The summed E-state index contributed by atoms with van der Waals surface area (Å²) in [5.74, 6) is 1.92. The van der Waals surface area contributed by atoms with Gasteiger partial charge in [0.1, 0.15) is 11.9 Å². The third-order valence-corrected chi connectivity index (χ3v) is 7.60. The second-order valence-corrected chi connectivity index (χ2v) is 9.73. The fraction of sp³-hybridized carbons (Fsp3) is 0.0909. The zero-order valence-electron chi connectivity index (χ0n) is 20.0. The highest BCUT2D eigenvalue weighted by Crippen LogP contribution is 2.49. The number of benzene rings is 4. The Morgan fingerprint density at radius 1 is 0.730 bits per heavy atom. The lowest BCUT2D eigenvalue weighted by molar-refractivity contribution is 0.224. The van der Waals surface area contributed by atoms with Crippen molar-refractivity contribution >= 4 is 16.6 Å². The van der Waals surface area contributed by atoms with Crippen molar-refractivity contribution in [1.29, 1.82) is 0 Å². The Labute approximate surface area is 215 Å². The van der Waals surface area contributed by atoms with Gasteiger partial charge >= 0.3 is 0 Å². The molecule has 1 aromatic heterocycles. The number of anilines is 1. The number of fused-ring (bicyclic) bond motifs is 8. The minimum absolute atomic E-state index is 0.0759. The SMILES string of the molecule is C1=CC2Oc3c(c4ccccc4n3-c3cccc(C4Nc5ccccc5O4)c3)-c3ccccc3C2C=C1. The number of ether oxygens (including phenoxy) is 2. The van der Waals surface area contributed by atoms with E-state index in [4.69, 9.17) is 9.47 Å². The van der Waals surface area contributed by atoms with Crippen LogP contribution in [-0.2, 0) is 0 Å². The van der Waals surface area contributed by atoms with Crippen LogP contribution in [0.5, 0.6) is 11.6 Å². The summed E-state index contributed by atoms with van der Waals surface area (Å²) in [5.41, 5.74) is 7.92. The molecule has 0 radical (unpaired) electrons. The summed E-state index contributed by atoms with van der Waals surface area (Å²) in [7, 11) is 0. The molecule has 2 aliphatic heterocycles. The summed E-state index contributed by atoms with van der Waals surface area (Å²) in [6.07, 6.45) is 8.32. The summed E-state index contributed by atoms with van der Waals surface area (Å²) >= 11 is 0. The van der Waals surface area contributed by atoms with Crippen LogP contribution in [0.25, 0.3) is 27.7 Å². The molecular formula is C33H24N2O2. The fourth-order valence-corrected chi connectivity index (χ4v) is 5.93. The van der Waals surface area contributed by atoms with E-state index in [1.807, 2.05) is 24.3 Å². The third-order valence-electron chi connectivity index (χ3n) is 7.60. The van der Waals surface area contributed by atoms with Crippen molar-refractivity contribution in [1.82, 2.24) is 4.57 Å². The third kappa shape index (κ3) is 3.09. The van der Waals surface area contributed by atoms with Crippen molar-refractivity contribution in [2.75, 3.05) is 5.32 Å². The number of nitrogens with one attached hydrogen (secondary N) is 1. The quantitative estimate of drug-likeness (QED) is 0.280. The summed E-state index contributed by atoms with van der Waals surface area (Å²) in [5, 5.41) is 4.69. The van der Waals surface area contributed by atoms with Gasteiger partial charge in [0.25, 0.3) is 0 Å². The van der Waals surface area contributed by atoms with Gasteiger partial charge in [0.15, 0.2) is 6.23 Å². The van der Waals surface area contributed by atoms with Crippen molar-refractivity contribution in [2.45, 2.75) is 18.2 Å². The van der Waals surface area contributed by atoms with Crippen LogP contribution in [0.3, 0.4) is 0 Å². The minimum Gasteiger partial charge on any atom is -0.470 e. The topological polar surface area (TPSA) is 35.4 Å². The Morgan fingerprint density at radius 3 is 2.54 bits per heavy atom. The summed E-state index contributed by atoms with van der Waals surface area (Å²) in [6, 6.07) is 33.9. The van der Waals surface area contributed by atoms with Gasteiger partial charge in [0, 0.05) is 22.6 Å². The maximum Gasteiger partial charge on any atom is 0.208 e. The largest absolute Gasteiger partial charge is 0.470 e. The first-order chi connectivity index (χ1) is 18.3. The molecule has 0 saturated heterocycles. The normalized spacial score (nSPS) is 20.6. The Bertz CT molecular complexity index is 1720. The van der Waals surface area contributed by atoms with Crippen molar-refractivity contribution in [3.05, 3.63) is 132 Å². The molecule has 3 atom stereocenters. The van der Waals surface area contributed by atoms with Crippen molar-refractivity contribution < 1.29 is 9.47 Å². The van der Waals surface area contributed by atoms with E-state index in [0.717, 1.165) is 39.6 Å². The zero-order chi connectivity index (χ0) is 24.3. The van der Waals surface area contributed by atoms with Crippen molar-refractivity contribution in [2.24, 2.45) is 0 Å². The Kier molecular flexibility index (Phi) is 4.38. The predicted octanol–water partition coefficient (Wildman–Crippen LogP) is 7.77. The molecule has 1 N–H and O–H groups in total. The Balaban J connectivity index is 1.33. The van der Waals surface area contributed by atoms with Crippen LogP contribution in [0.1, 0.15) is 23.3 Å². The van der Waals surface area contributed by atoms with Crippen LogP contribution in [0, 0.1) is 0 Å². The van der Waals surface area contributed by atoms with Crippen LogP contribution < -0.4 is 14.8 Å². The van der Waals surface area contributed by atoms with E-state index < -0.39 is 0 Å². The highest BCUT2D eigenvalue weighted by atomic mass is 16.5. The molecule has 0 saturated carbocycles. The van der Waals surface area contributed by atoms with E-state index in [9.17, 15) is 0 Å². The van der Waals surface area contributed by atoms with Gasteiger partial charge in [-0.15, -0.1) is 0 Å². The number of allylic oxidation sites excluding steroid dienone is 2. The van der Waals surface area contributed by atoms with Gasteiger partial charge in [-0.3, -0.25) is 4.57 Å². The van der Waals surface area contributed by atoms with Crippen LogP contribution in [0.4, 0.5) is 5.69 Å². The van der Waals surface area contributed by atoms with Gasteiger partial charge in [0.05, 0.1) is 16.8 Å². The van der Waals surface area contributed by atoms with Crippen molar-refractivity contribution in [3.63, 3.8) is 0 Å². The lowest BCUT2D eigenvalue weighted by atomic mass is 9.86. The van der Waals surface area contributed by atoms with E-state index >= 15 is 0 Å². The van der Waals surface area contributed by atoms with Gasteiger partial charge in [-0.05, 0) is 47.5 Å². The first-order valence-corrected chi connectivity index (χ1v) is 12.7. The molecule has 0 bridgehead atoms. The predicted molar refractivity (Wildman–Crippen MR) is 148 cm³/mol. The van der Waals surface area contributed by atoms with Crippen molar-refractivity contribution in [3.8, 4) is 28.4 Å². The van der Waals surface area contributed by atoms with Gasteiger partial charge in [-0.2, -0.15) is 0 Å². The molecule has 3 aliphatic rings. The second kappa shape index (κ2) is 7.90. The number of para-hydroxylation sites is 3. The Morgan fingerprint density at radius 2 is 1.57 bits per heavy atom. The van der Waals surface area contributed by atoms with Crippen LogP contribution in [0.2, 0.25) is 0 Å². The van der Waals surface area contributed by atoms with E-state index in [-0.39, 0.29) is 18.2 Å². The maximum absolute atomic E-state index is 6.91. The fourth-order valence-electron chi connectivity index (χ4n) is 5.93. The average Bonchev–Trinajstić information content (AvgIpc) is 3.49. The number of nitrogens with zero attached hydrogens (tertiary/aromatic N) is 1. The molecule has 0 spiro atoms. The number of hydrogen-bond donors (Lipinski definition) is 1. The highest BCUT2D eigenvalue weighted by Gasteiger charge is 2.34. The van der Waals surface area contributed by atoms with Crippen LogP contribution in [-0.4, -0.2) is 10.7 Å². The molecule has 178 valence electrons. The smallest absolute Gasteiger partial charge is 0.208 e. The van der Waals surface area contributed by atoms with Gasteiger partial charge in [-0.25, -0.2) is 0 Å². The second-order valence-electron chi connectivity index (χ2n) is 9.73. The molecule has 37 heavy (non-hydrogen) atoms. The lowest BCUT2D eigenvalue weighted by Crippen LogP contribution is -2.23. The van der Waals surface area contributed by atoms with Crippen LogP contribution >= 0.6 is 0 Å². The number of hydrogen-bond acceptors (Lipinski definition) is 3. The maximum atomic E-state index is 6.91. The molecule has 0 amide bonds. The monoisotopic (exact) mass is 480 g/mol. The zero-order valence-corrected chi connectivity index (χ0v) is 20.0. The number of rotatable bonds is 2. The summed E-state index contributed by atoms with van der Waals surface area (Å²) in [4.78, 5) is 0. The molecule has 3 heterocycles. The van der Waals surface area contributed by atoms with Gasteiger partial charge < -0.3 is 14.8 Å². The van der Waals surface area contributed by atoms with E-state index in [1.165, 1.54) is 16.5 Å². The van der Waals surface area contributed by atoms with E-state index in [0.29, 0.717) is 0 Å². The molecule has 1 aliphatic carbocycles. The minimum atomic E-state index is -0.241. The van der Waals surface area contributed by atoms with E-state index in [1.54, 1.807) is 0 Å². The van der Waals surface area contributed by atoms with E-state index in [2.05, 4.69) is 107 Å². The van der Waals surface area contributed by atoms with Crippen LogP contribution in [0.15, 0.2) is 121 Å². The average molecular weight is 481 g/mol. The standard InChI is InChI=1S/C33H24N2O2/c1-2-14-25-23(12-1)24-13-4-7-18-29(24)37-33-31(25)26-15-3-6-17-28(26)35(33)22-11-9-10-21(20-22)32-34-27-16-5-8-19-30(27)36-32/h1-20,24,29,32,34H. The summed E-state index contributed by atoms with van der Waals surface area (Å²) < 4.78 is 15.4. The lowest BCUT2D eigenvalue weighted by Gasteiger charge is -2.24. The molecule has 0 fully saturated rings. The molecular weight excluding hydrogens is 456 g/mol. The molecule has 4 nitrogen and oxygen atoms in total. The molecule has 8 rings (SSSR count). The Hall–Kier alpha value is -4.70. The highest BCUT2D eigenvalue weighted by molar-refractivity contribution is 6.02.